The maximum absolute atomic E-state index is 10.5. The molecule has 5 heteroatoms. The van der Waals surface area contributed by atoms with Gasteiger partial charge < -0.3 is 19.7 Å². The Morgan fingerprint density at radius 1 is 1.40 bits per heavy atom. The van der Waals surface area contributed by atoms with Gasteiger partial charge in [0.15, 0.2) is 11.3 Å². The Morgan fingerprint density at radius 2 is 2.13 bits per heavy atom. The summed E-state index contributed by atoms with van der Waals surface area (Å²) >= 11 is 0. The van der Waals surface area contributed by atoms with Crippen LogP contribution >= 0.6 is 0 Å². The summed E-state index contributed by atoms with van der Waals surface area (Å²) in [6.07, 6.45) is -1.71. The molecular formula is C10H8O5. The minimum absolute atomic E-state index is 0.0867. The number of aromatic hydroxyl groups is 1. The first-order valence-electron chi connectivity index (χ1n) is 4.22. The van der Waals surface area contributed by atoms with Gasteiger partial charge in [0, 0.05) is 5.39 Å². The molecule has 0 spiro atoms. The van der Waals surface area contributed by atoms with Crippen molar-refractivity contribution >= 4 is 16.9 Å². The van der Waals surface area contributed by atoms with Gasteiger partial charge in [-0.05, 0) is 12.1 Å². The SMILES string of the molecule is O=C(O)C(O)c1cc2cccc(O)c2o1. The van der Waals surface area contributed by atoms with E-state index in [9.17, 15) is 15.0 Å². The van der Waals surface area contributed by atoms with Crippen molar-refractivity contribution in [2.45, 2.75) is 6.10 Å². The van der Waals surface area contributed by atoms with Gasteiger partial charge >= 0.3 is 5.97 Å². The van der Waals surface area contributed by atoms with Gasteiger partial charge in [0.1, 0.15) is 5.76 Å². The van der Waals surface area contributed by atoms with Crippen LogP contribution in [0.15, 0.2) is 28.7 Å². The largest absolute Gasteiger partial charge is 0.504 e. The summed E-state index contributed by atoms with van der Waals surface area (Å²) in [6, 6.07) is 6.05. The van der Waals surface area contributed by atoms with E-state index in [0.717, 1.165) is 0 Å². The Balaban J connectivity index is 2.56. The minimum Gasteiger partial charge on any atom is -0.504 e. The molecule has 0 bridgehead atoms. The number of phenols is 1. The van der Waals surface area contributed by atoms with Crippen LogP contribution in [-0.2, 0) is 4.79 Å². The molecule has 1 aromatic carbocycles. The van der Waals surface area contributed by atoms with E-state index in [0.29, 0.717) is 5.39 Å². The van der Waals surface area contributed by atoms with Gasteiger partial charge in [-0.1, -0.05) is 12.1 Å². The zero-order valence-corrected chi connectivity index (χ0v) is 7.54. The number of furan rings is 1. The number of carboxylic acids is 1. The molecule has 1 atom stereocenters. The van der Waals surface area contributed by atoms with Gasteiger partial charge in [0.2, 0.25) is 6.10 Å². The van der Waals surface area contributed by atoms with Crippen molar-refractivity contribution in [1.82, 2.24) is 0 Å². The lowest BCUT2D eigenvalue weighted by molar-refractivity contribution is -0.147. The molecule has 78 valence electrons. The topological polar surface area (TPSA) is 90.9 Å². The van der Waals surface area contributed by atoms with Crippen LogP contribution in [0.3, 0.4) is 0 Å². The predicted octanol–water partition coefficient (Wildman–Crippen LogP) is 1.26. The lowest BCUT2D eigenvalue weighted by Gasteiger charge is -1.98. The highest BCUT2D eigenvalue weighted by Gasteiger charge is 2.21. The molecule has 0 aliphatic heterocycles. The Bertz CT molecular complexity index is 514. The number of benzene rings is 1. The molecule has 0 fully saturated rings. The first kappa shape index (κ1) is 9.54. The molecule has 0 saturated heterocycles. The van der Waals surface area contributed by atoms with Gasteiger partial charge in [-0.15, -0.1) is 0 Å². The highest BCUT2D eigenvalue weighted by molar-refractivity contribution is 5.85. The van der Waals surface area contributed by atoms with Crippen LogP contribution in [0, 0.1) is 0 Å². The van der Waals surface area contributed by atoms with Crippen molar-refractivity contribution in [2.24, 2.45) is 0 Å². The van der Waals surface area contributed by atoms with E-state index in [-0.39, 0.29) is 17.1 Å². The summed E-state index contributed by atoms with van der Waals surface area (Å²) in [5, 5.41) is 27.7. The van der Waals surface area contributed by atoms with Crippen LogP contribution < -0.4 is 0 Å². The van der Waals surface area contributed by atoms with Gasteiger partial charge in [-0.25, -0.2) is 4.79 Å². The molecule has 0 amide bonds. The number of aliphatic hydroxyl groups excluding tert-OH is 1. The average Bonchev–Trinajstić information content (AvgIpc) is 2.61. The van der Waals surface area contributed by atoms with E-state index in [1.807, 2.05) is 0 Å². The molecule has 5 nitrogen and oxygen atoms in total. The van der Waals surface area contributed by atoms with Crippen molar-refractivity contribution in [1.29, 1.82) is 0 Å². The maximum Gasteiger partial charge on any atom is 0.340 e. The Hall–Kier alpha value is -2.01. The second-order valence-corrected chi connectivity index (χ2v) is 3.09. The standard InChI is InChI=1S/C10H8O5/c11-6-3-1-2-5-4-7(15-9(5)6)8(12)10(13)14/h1-4,8,11-12H,(H,13,14). The Morgan fingerprint density at radius 3 is 2.73 bits per heavy atom. The van der Waals surface area contributed by atoms with Crippen molar-refractivity contribution in [3.63, 3.8) is 0 Å². The third-order valence-electron chi connectivity index (χ3n) is 2.05. The van der Waals surface area contributed by atoms with E-state index >= 15 is 0 Å². The third-order valence-corrected chi connectivity index (χ3v) is 2.05. The van der Waals surface area contributed by atoms with Crippen LogP contribution in [0.2, 0.25) is 0 Å². The number of rotatable bonds is 2. The van der Waals surface area contributed by atoms with Gasteiger partial charge in [-0.2, -0.15) is 0 Å². The summed E-state index contributed by atoms with van der Waals surface area (Å²) in [7, 11) is 0. The van der Waals surface area contributed by atoms with Crippen molar-refractivity contribution in [3.05, 3.63) is 30.0 Å². The van der Waals surface area contributed by atoms with Crippen molar-refractivity contribution < 1.29 is 24.5 Å². The number of para-hydroxylation sites is 1. The number of hydrogen-bond acceptors (Lipinski definition) is 4. The first-order valence-corrected chi connectivity index (χ1v) is 4.22. The molecule has 2 aromatic rings. The molecule has 2 rings (SSSR count). The van der Waals surface area contributed by atoms with Crippen LogP contribution in [0.5, 0.6) is 5.75 Å². The summed E-state index contributed by atoms with van der Waals surface area (Å²) in [5.41, 5.74) is 0.174. The molecule has 0 aliphatic rings. The number of carboxylic acid groups (broad SMARTS) is 1. The highest BCUT2D eigenvalue weighted by Crippen LogP contribution is 2.30. The van der Waals surface area contributed by atoms with Crippen LogP contribution in [0.1, 0.15) is 11.9 Å². The second-order valence-electron chi connectivity index (χ2n) is 3.09. The molecular weight excluding hydrogens is 200 g/mol. The Kier molecular flexibility index (Phi) is 2.09. The maximum atomic E-state index is 10.5. The number of hydrogen-bond donors (Lipinski definition) is 3. The monoisotopic (exact) mass is 208 g/mol. The number of aliphatic hydroxyl groups is 1. The normalized spacial score (nSPS) is 12.9. The van der Waals surface area contributed by atoms with Crippen LogP contribution in [0.25, 0.3) is 11.0 Å². The fourth-order valence-electron chi connectivity index (χ4n) is 1.32. The van der Waals surface area contributed by atoms with E-state index in [4.69, 9.17) is 9.52 Å². The van der Waals surface area contributed by atoms with Crippen molar-refractivity contribution in [2.75, 3.05) is 0 Å². The van der Waals surface area contributed by atoms with E-state index < -0.39 is 12.1 Å². The van der Waals surface area contributed by atoms with E-state index in [1.54, 1.807) is 12.1 Å². The molecule has 15 heavy (non-hydrogen) atoms. The molecule has 1 aromatic heterocycles. The molecule has 1 heterocycles. The van der Waals surface area contributed by atoms with Crippen LogP contribution in [-0.4, -0.2) is 21.3 Å². The van der Waals surface area contributed by atoms with E-state index in [1.165, 1.54) is 12.1 Å². The lowest BCUT2D eigenvalue weighted by Crippen LogP contribution is -2.09. The lowest BCUT2D eigenvalue weighted by atomic mass is 10.2. The van der Waals surface area contributed by atoms with Gasteiger partial charge in [0.05, 0.1) is 0 Å². The smallest absolute Gasteiger partial charge is 0.340 e. The minimum atomic E-state index is -1.71. The van der Waals surface area contributed by atoms with Gasteiger partial charge in [-0.3, -0.25) is 0 Å². The van der Waals surface area contributed by atoms with Crippen molar-refractivity contribution in [3.8, 4) is 5.75 Å². The van der Waals surface area contributed by atoms with Crippen LogP contribution in [0.4, 0.5) is 0 Å². The zero-order valence-electron chi connectivity index (χ0n) is 7.54. The fourth-order valence-corrected chi connectivity index (χ4v) is 1.32. The molecule has 3 N–H and O–H groups in total. The summed E-state index contributed by atoms with van der Waals surface area (Å²) in [4.78, 5) is 10.5. The molecule has 0 aliphatic carbocycles. The second kappa shape index (κ2) is 3.29. The molecule has 0 saturated carbocycles. The fraction of sp³-hybridized carbons (Fsp3) is 0.100. The average molecular weight is 208 g/mol. The number of aliphatic carboxylic acids is 1. The first-order chi connectivity index (χ1) is 7.09. The zero-order chi connectivity index (χ0) is 11.0. The molecule has 1 unspecified atom stereocenters. The summed E-state index contributed by atoms with van der Waals surface area (Å²) in [5.74, 6) is -1.58. The quantitative estimate of drug-likeness (QED) is 0.691. The summed E-state index contributed by atoms with van der Waals surface area (Å²) in [6.45, 7) is 0. The Labute approximate surface area is 84.2 Å². The third kappa shape index (κ3) is 1.53. The number of fused-ring (bicyclic) bond motifs is 1. The van der Waals surface area contributed by atoms with E-state index in [2.05, 4.69) is 0 Å². The predicted molar refractivity (Wildman–Crippen MR) is 50.5 cm³/mol. The van der Waals surface area contributed by atoms with Gasteiger partial charge in [0.25, 0.3) is 0 Å². The summed E-state index contributed by atoms with van der Waals surface area (Å²) < 4.78 is 5.04. The number of phenolic OH excluding ortho intramolecular Hbond substituents is 1. The molecule has 0 radical (unpaired) electrons. The number of carbonyl (C=O) groups is 1. The highest BCUT2D eigenvalue weighted by atomic mass is 16.4.